The molecule has 0 saturated carbocycles. The Morgan fingerprint density at radius 3 is 2.27 bits per heavy atom. The van der Waals surface area contributed by atoms with E-state index in [-0.39, 0.29) is 30.7 Å². The number of carbonyl (C=O) groups is 1. The van der Waals surface area contributed by atoms with E-state index in [4.69, 9.17) is 5.73 Å². The first kappa shape index (κ1) is 21.0. The molecule has 0 spiro atoms. The normalized spacial score (nSPS) is 15.1. The molecule has 1 aliphatic heterocycles. The number of carbonyl (C=O) groups excluding carboxylic acids is 1. The van der Waals surface area contributed by atoms with E-state index in [1.54, 1.807) is 13.8 Å². The van der Waals surface area contributed by atoms with E-state index in [0.29, 0.717) is 0 Å². The predicted octanol–water partition coefficient (Wildman–Crippen LogP) is 3.59. The molecular weight excluding hydrogens is 321 g/mol. The second-order valence-electron chi connectivity index (χ2n) is 6.13. The maximum absolute atomic E-state index is 11.9. The Balaban J connectivity index is 0.00000220. The van der Waals surface area contributed by atoms with E-state index in [1.807, 2.05) is 18.2 Å². The summed E-state index contributed by atoms with van der Waals surface area (Å²) in [6, 6.07) is 8.04. The van der Waals surface area contributed by atoms with Gasteiger partial charge in [0, 0.05) is 24.5 Å². The number of hydrogen-bond donors (Lipinski definition) is 2. The molecule has 1 fully saturated rings. The van der Waals surface area contributed by atoms with Crippen LogP contribution in [0.3, 0.4) is 0 Å². The van der Waals surface area contributed by atoms with Gasteiger partial charge in [0.25, 0.3) is 0 Å². The van der Waals surface area contributed by atoms with Crippen molar-refractivity contribution in [2.75, 3.05) is 23.3 Å². The van der Waals surface area contributed by atoms with Gasteiger partial charge in [0.2, 0.25) is 5.91 Å². The summed E-state index contributed by atoms with van der Waals surface area (Å²) in [5.74, 6) is -0.162. The predicted molar refractivity (Wildman–Crippen MR) is 98.5 cm³/mol. The van der Waals surface area contributed by atoms with Crippen molar-refractivity contribution in [2.24, 2.45) is 5.73 Å². The summed E-state index contributed by atoms with van der Waals surface area (Å²) in [4.78, 5) is 14.3. The van der Waals surface area contributed by atoms with Crippen molar-refractivity contribution >= 4 is 42.1 Å². The summed E-state index contributed by atoms with van der Waals surface area (Å²) in [7, 11) is 0. The van der Waals surface area contributed by atoms with Gasteiger partial charge in [0.15, 0.2) is 0 Å². The number of nitrogens with zero attached hydrogens (tertiary/aromatic N) is 1. The largest absolute Gasteiger partial charge is 0.371 e. The maximum atomic E-state index is 11.9. The van der Waals surface area contributed by atoms with Gasteiger partial charge >= 0.3 is 0 Å². The number of hydrogen-bond acceptors (Lipinski definition) is 3. The van der Waals surface area contributed by atoms with Crippen LogP contribution in [0.15, 0.2) is 24.3 Å². The third kappa shape index (κ3) is 6.03. The second kappa shape index (κ2) is 9.23. The van der Waals surface area contributed by atoms with Gasteiger partial charge in [-0.05, 0) is 44.9 Å². The first-order valence-electron chi connectivity index (χ1n) is 7.42. The van der Waals surface area contributed by atoms with Gasteiger partial charge in [0.1, 0.15) is 0 Å². The zero-order valence-electron chi connectivity index (χ0n) is 13.3. The molecule has 1 aromatic rings. The summed E-state index contributed by atoms with van der Waals surface area (Å²) in [6.07, 6.45) is 5.11. The molecule has 0 unspecified atom stereocenters. The highest BCUT2D eigenvalue weighted by Crippen LogP contribution is 2.23. The second-order valence-corrected chi connectivity index (χ2v) is 6.13. The Hall–Kier alpha value is -0.970. The molecule has 1 heterocycles. The van der Waals surface area contributed by atoms with Crippen LogP contribution >= 0.6 is 24.8 Å². The van der Waals surface area contributed by atoms with E-state index in [9.17, 15) is 4.79 Å². The van der Waals surface area contributed by atoms with Crippen LogP contribution in [0.25, 0.3) is 0 Å². The number of benzene rings is 1. The number of nitrogens with one attached hydrogen (secondary N) is 1. The summed E-state index contributed by atoms with van der Waals surface area (Å²) in [5.41, 5.74) is 6.94. The van der Waals surface area contributed by atoms with E-state index in [1.165, 1.54) is 31.4 Å². The quantitative estimate of drug-likeness (QED) is 0.878. The SMILES string of the molecule is CC(C)(N)C(=O)Nc1cccc(N2CCCCCC2)c1.Cl.Cl. The summed E-state index contributed by atoms with van der Waals surface area (Å²) in [5, 5.41) is 2.89. The van der Waals surface area contributed by atoms with E-state index in [0.717, 1.165) is 18.8 Å². The van der Waals surface area contributed by atoms with Crippen LogP contribution in [0.2, 0.25) is 0 Å². The van der Waals surface area contributed by atoms with Crippen LogP contribution in [0.5, 0.6) is 0 Å². The first-order valence-corrected chi connectivity index (χ1v) is 7.42. The fraction of sp³-hybridized carbons (Fsp3) is 0.562. The van der Waals surface area contributed by atoms with E-state index < -0.39 is 5.54 Å². The van der Waals surface area contributed by atoms with Crippen molar-refractivity contribution in [1.29, 1.82) is 0 Å². The van der Waals surface area contributed by atoms with Gasteiger partial charge in [-0.15, -0.1) is 24.8 Å². The molecule has 22 heavy (non-hydrogen) atoms. The van der Waals surface area contributed by atoms with Crippen molar-refractivity contribution in [1.82, 2.24) is 0 Å². The van der Waals surface area contributed by atoms with Crippen molar-refractivity contribution in [2.45, 2.75) is 45.1 Å². The molecule has 3 N–H and O–H groups in total. The average Bonchev–Trinajstić information content (AvgIpc) is 2.66. The summed E-state index contributed by atoms with van der Waals surface area (Å²) >= 11 is 0. The molecule has 6 heteroatoms. The molecule has 0 aliphatic carbocycles. The fourth-order valence-corrected chi connectivity index (χ4v) is 2.40. The van der Waals surface area contributed by atoms with Gasteiger partial charge < -0.3 is 16.0 Å². The number of anilines is 2. The molecule has 2 rings (SSSR count). The number of nitrogens with two attached hydrogens (primary N) is 1. The molecule has 1 saturated heterocycles. The lowest BCUT2D eigenvalue weighted by Crippen LogP contribution is -2.45. The zero-order chi connectivity index (χ0) is 14.6. The molecular formula is C16H27Cl2N3O. The van der Waals surface area contributed by atoms with Gasteiger partial charge in [-0.2, -0.15) is 0 Å². The molecule has 4 nitrogen and oxygen atoms in total. The third-order valence-electron chi connectivity index (χ3n) is 3.66. The average molecular weight is 348 g/mol. The Labute approximate surface area is 145 Å². The van der Waals surface area contributed by atoms with Crippen LogP contribution in [-0.2, 0) is 4.79 Å². The number of amides is 1. The third-order valence-corrected chi connectivity index (χ3v) is 3.66. The molecule has 1 aromatic carbocycles. The monoisotopic (exact) mass is 347 g/mol. The van der Waals surface area contributed by atoms with E-state index in [2.05, 4.69) is 16.3 Å². The van der Waals surface area contributed by atoms with Gasteiger partial charge in [0.05, 0.1) is 5.54 Å². The highest BCUT2D eigenvalue weighted by atomic mass is 35.5. The molecule has 0 atom stereocenters. The minimum Gasteiger partial charge on any atom is -0.371 e. The van der Waals surface area contributed by atoms with Gasteiger partial charge in [-0.3, -0.25) is 4.79 Å². The first-order chi connectivity index (χ1) is 9.47. The van der Waals surface area contributed by atoms with Crippen molar-refractivity contribution in [3.63, 3.8) is 0 Å². The molecule has 0 aromatic heterocycles. The minimum atomic E-state index is -0.862. The van der Waals surface area contributed by atoms with Gasteiger partial charge in [-0.25, -0.2) is 0 Å². The molecule has 0 bridgehead atoms. The number of rotatable bonds is 3. The van der Waals surface area contributed by atoms with Crippen LogP contribution in [-0.4, -0.2) is 24.5 Å². The van der Waals surface area contributed by atoms with Crippen LogP contribution in [0.4, 0.5) is 11.4 Å². The summed E-state index contributed by atoms with van der Waals surface area (Å²) in [6.45, 7) is 5.61. The Bertz CT molecular complexity index is 467. The van der Waals surface area contributed by atoms with Crippen LogP contribution in [0.1, 0.15) is 39.5 Å². The fourth-order valence-electron chi connectivity index (χ4n) is 2.40. The molecule has 1 aliphatic rings. The zero-order valence-corrected chi connectivity index (χ0v) is 14.9. The van der Waals surface area contributed by atoms with Gasteiger partial charge in [-0.1, -0.05) is 18.9 Å². The smallest absolute Gasteiger partial charge is 0.243 e. The van der Waals surface area contributed by atoms with Crippen LogP contribution < -0.4 is 16.0 Å². The Kier molecular flexibility index (Phi) is 8.83. The standard InChI is InChI=1S/C16H25N3O.2ClH/c1-16(2,17)15(20)18-13-8-7-9-14(12-13)19-10-5-3-4-6-11-19;;/h7-9,12H,3-6,10-11,17H2,1-2H3,(H,18,20);2*1H. The Morgan fingerprint density at radius 2 is 1.73 bits per heavy atom. The summed E-state index contributed by atoms with van der Waals surface area (Å²) < 4.78 is 0. The van der Waals surface area contributed by atoms with Crippen molar-refractivity contribution in [3.05, 3.63) is 24.3 Å². The lowest BCUT2D eigenvalue weighted by molar-refractivity contribution is -0.120. The lowest BCUT2D eigenvalue weighted by atomic mass is 10.1. The topological polar surface area (TPSA) is 58.4 Å². The van der Waals surface area contributed by atoms with Crippen LogP contribution in [0, 0.1) is 0 Å². The molecule has 1 amide bonds. The highest BCUT2D eigenvalue weighted by molar-refractivity contribution is 5.97. The lowest BCUT2D eigenvalue weighted by Gasteiger charge is -2.24. The van der Waals surface area contributed by atoms with Crippen molar-refractivity contribution in [3.8, 4) is 0 Å². The van der Waals surface area contributed by atoms with E-state index >= 15 is 0 Å². The maximum Gasteiger partial charge on any atom is 0.243 e. The molecule has 126 valence electrons. The Morgan fingerprint density at radius 1 is 1.14 bits per heavy atom. The molecule has 0 radical (unpaired) electrons. The minimum absolute atomic E-state index is 0. The van der Waals surface area contributed by atoms with Crippen molar-refractivity contribution < 1.29 is 4.79 Å². The number of halogens is 2. The highest BCUT2D eigenvalue weighted by Gasteiger charge is 2.22.